The summed E-state index contributed by atoms with van der Waals surface area (Å²) in [6.45, 7) is 0. The first kappa shape index (κ1) is 17.5. The van der Waals surface area contributed by atoms with E-state index in [1.807, 2.05) is 0 Å². The predicted octanol–water partition coefficient (Wildman–Crippen LogP) is 3.66. The maximum absolute atomic E-state index is 12.6. The number of hydrogen-bond donors (Lipinski definition) is 0. The summed E-state index contributed by atoms with van der Waals surface area (Å²) >= 11 is 11.7. The van der Waals surface area contributed by atoms with Crippen LogP contribution >= 0.6 is 23.2 Å². The number of hydrogen-bond acceptors (Lipinski definition) is 5. The molecule has 0 aliphatic rings. The lowest BCUT2D eigenvalue weighted by Gasteiger charge is -2.22. The summed E-state index contributed by atoms with van der Waals surface area (Å²) in [6, 6.07) is 8.81. The Morgan fingerprint density at radius 1 is 1.13 bits per heavy atom. The lowest BCUT2D eigenvalue weighted by molar-refractivity contribution is -0.384. The normalized spacial score (nSPS) is 11.3. The Bertz CT molecular complexity index is 840. The Labute approximate surface area is 142 Å². The standard InChI is InChI=1S/C13H10Cl2N2O5S/c1-22-17(13-7-4-10(16(18)19)8-12(13)15)23(20,21)11-5-2-9(14)3-6-11/h2-8H,1H3. The third-order valence-electron chi connectivity index (χ3n) is 2.83. The van der Waals surface area contributed by atoms with E-state index in [-0.39, 0.29) is 21.3 Å². The summed E-state index contributed by atoms with van der Waals surface area (Å²) in [6.07, 6.45) is 0. The van der Waals surface area contributed by atoms with Crippen LogP contribution in [-0.4, -0.2) is 20.5 Å². The molecule has 2 rings (SSSR count). The molecular weight excluding hydrogens is 367 g/mol. The van der Waals surface area contributed by atoms with Crippen molar-refractivity contribution < 1.29 is 18.2 Å². The summed E-state index contributed by atoms with van der Waals surface area (Å²) in [7, 11) is -2.93. The van der Waals surface area contributed by atoms with Crippen LogP contribution in [0.3, 0.4) is 0 Å². The van der Waals surface area contributed by atoms with E-state index in [2.05, 4.69) is 0 Å². The maximum atomic E-state index is 12.6. The van der Waals surface area contributed by atoms with Gasteiger partial charge in [0.1, 0.15) is 5.69 Å². The van der Waals surface area contributed by atoms with Crippen molar-refractivity contribution in [1.29, 1.82) is 0 Å². The maximum Gasteiger partial charge on any atom is 0.286 e. The second-order valence-electron chi connectivity index (χ2n) is 4.26. The van der Waals surface area contributed by atoms with Crippen LogP contribution in [0.1, 0.15) is 0 Å². The van der Waals surface area contributed by atoms with Crippen molar-refractivity contribution in [2.75, 3.05) is 11.6 Å². The van der Waals surface area contributed by atoms with Gasteiger partial charge in [0.2, 0.25) is 0 Å². The zero-order valence-corrected chi connectivity index (χ0v) is 14.0. The average molecular weight is 377 g/mol. The lowest BCUT2D eigenvalue weighted by Crippen LogP contribution is -2.30. The van der Waals surface area contributed by atoms with Gasteiger partial charge in [0, 0.05) is 17.2 Å². The largest absolute Gasteiger partial charge is 0.286 e. The van der Waals surface area contributed by atoms with E-state index in [1.54, 1.807) is 0 Å². The number of nitrogens with zero attached hydrogens (tertiary/aromatic N) is 2. The van der Waals surface area contributed by atoms with Gasteiger partial charge in [-0.05, 0) is 30.3 Å². The molecule has 0 aliphatic heterocycles. The third-order valence-corrected chi connectivity index (χ3v) is 5.04. The van der Waals surface area contributed by atoms with Gasteiger partial charge in [-0.15, -0.1) is 4.47 Å². The molecule has 0 aliphatic carbocycles. The van der Waals surface area contributed by atoms with Crippen LogP contribution in [0.25, 0.3) is 0 Å². The molecule has 0 saturated heterocycles. The first-order valence-electron chi connectivity index (χ1n) is 6.06. The zero-order chi connectivity index (χ0) is 17.2. The smallest absolute Gasteiger partial charge is 0.262 e. The molecule has 2 aromatic rings. The SMILES string of the molecule is CON(c1ccc([N+](=O)[O-])cc1Cl)S(=O)(=O)c1ccc(Cl)cc1. The summed E-state index contributed by atoms with van der Waals surface area (Å²) in [4.78, 5) is 14.9. The van der Waals surface area contributed by atoms with Crippen molar-refractivity contribution in [2.45, 2.75) is 4.90 Å². The number of halogens is 2. The summed E-state index contributed by atoms with van der Waals surface area (Å²) in [5, 5.41) is 11.0. The molecule has 2 aromatic carbocycles. The summed E-state index contributed by atoms with van der Waals surface area (Å²) in [5.41, 5.74) is -0.312. The molecule has 122 valence electrons. The fraction of sp³-hybridized carbons (Fsp3) is 0.0769. The Morgan fingerprint density at radius 2 is 1.74 bits per heavy atom. The van der Waals surface area contributed by atoms with Gasteiger partial charge in [0.15, 0.2) is 0 Å². The van der Waals surface area contributed by atoms with Gasteiger partial charge in [0.25, 0.3) is 15.7 Å². The van der Waals surface area contributed by atoms with Gasteiger partial charge < -0.3 is 0 Å². The first-order valence-corrected chi connectivity index (χ1v) is 8.26. The molecule has 0 spiro atoms. The Hall–Kier alpha value is -1.87. The van der Waals surface area contributed by atoms with Crippen molar-refractivity contribution in [3.05, 3.63) is 62.6 Å². The highest BCUT2D eigenvalue weighted by Crippen LogP contribution is 2.33. The van der Waals surface area contributed by atoms with Crippen LogP contribution in [0.2, 0.25) is 10.0 Å². The molecule has 7 nitrogen and oxygen atoms in total. The minimum Gasteiger partial charge on any atom is -0.262 e. The molecule has 0 bridgehead atoms. The second-order valence-corrected chi connectivity index (χ2v) is 6.86. The Morgan fingerprint density at radius 3 is 2.22 bits per heavy atom. The monoisotopic (exact) mass is 376 g/mol. The van der Waals surface area contributed by atoms with Gasteiger partial charge >= 0.3 is 0 Å². The third kappa shape index (κ3) is 3.56. The molecule has 0 saturated carbocycles. The van der Waals surface area contributed by atoms with E-state index < -0.39 is 14.9 Å². The molecule has 0 fully saturated rings. The van der Waals surface area contributed by atoms with E-state index in [4.69, 9.17) is 28.0 Å². The zero-order valence-electron chi connectivity index (χ0n) is 11.6. The highest BCUT2D eigenvalue weighted by atomic mass is 35.5. The first-order chi connectivity index (χ1) is 10.8. The molecule has 0 radical (unpaired) electrons. The Kier molecular flexibility index (Phi) is 5.10. The van der Waals surface area contributed by atoms with Gasteiger partial charge in [-0.3, -0.25) is 15.0 Å². The number of rotatable bonds is 5. The molecule has 0 N–H and O–H groups in total. The molecule has 0 amide bonds. The lowest BCUT2D eigenvalue weighted by atomic mass is 10.3. The number of anilines is 1. The molecule has 23 heavy (non-hydrogen) atoms. The topological polar surface area (TPSA) is 89.8 Å². The number of sulfonamides is 1. The highest BCUT2D eigenvalue weighted by Gasteiger charge is 2.28. The fourth-order valence-corrected chi connectivity index (χ4v) is 3.50. The second kappa shape index (κ2) is 6.71. The Balaban J connectivity index is 2.51. The average Bonchev–Trinajstić information content (AvgIpc) is 2.49. The van der Waals surface area contributed by atoms with E-state index in [9.17, 15) is 18.5 Å². The number of benzene rings is 2. The quantitative estimate of drug-likeness (QED) is 0.586. The van der Waals surface area contributed by atoms with Crippen molar-refractivity contribution >= 4 is 44.6 Å². The van der Waals surface area contributed by atoms with E-state index in [0.717, 1.165) is 19.2 Å². The van der Waals surface area contributed by atoms with Gasteiger partial charge in [-0.25, -0.2) is 0 Å². The fourth-order valence-electron chi connectivity index (χ4n) is 1.79. The van der Waals surface area contributed by atoms with Crippen LogP contribution in [-0.2, 0) is 14.9 Å². The number of nitro benzene ring substituents is 1. The van der Waals surface area contributed by atoms with Crippen LogP contribution in [0.5, 0.6) is 0 Å². The van der Waals surface area contributed by atoms with E-state index in [0.29, 0.717) is 9.49 Å². The van der Waals surface area contributed by atoms with Gasteiger partial charge in [-0.2, -0.15) is 8.42 Å². The van der Waals surface area contributed by atoms with Crippen molar-refractivity contribution in [1.82, 2.24) is 0 Å². The molecule has 0 aromatic heterocycles. The predicted molar refractivity (Wildman–Crippen MR) is 86.2 cm³/mol. The summed E-state index contributed by atoms with van der Waals surface area (Å²) < 4.78 is 25.8. The van der Waals surface area contributed by atoms with Crippen LogP contribution < -0.4 is 4.47 Å². The minimum absolute atomic E-state index is 0.0466. The van der Waals surface area contributed by atoms with Crippen molar-refractivity contribution in [3.63, 3.8) is 0 Å². The molecule has 10 heteroatoms. The van der Waals surface area contributed by atoms with E-state index >= 15 is 0 Å². The molecular formula is C13H10Cl2N2O5S. The van der Waals surface area contributed by atoms with Crippen LogP contribution in [0.15, 0.2) is 47.4 Å². The summed E-state index contributed by atoms with van der Waals surface area (Å²) in [5.74, 6) is 0. The number of nitro groups is 1. The molecule has 0 unspecified atom stereocenters. The van der Waals surface area contributed by atoms with E-state index in [1.165, 1.54) is 30.3 Å². The van der Waals surface area contributed by atoms with Gasteiger partial charge in [-0.1, -0.05) is 23.2 Å². The highest BCUT2D eigenvalue weighted by molar-refractivity contribution is 7.92. The van der Waals surface area contributed by atoms with Crippen molar-refractivity contribution in [3.8, 4) is 0 Å². The van der Waals surface area contributed by atoms with Crippen molar-refractivity contribution in [2.24, 2.45) is 0 Å². The van der Waals surface area contributed by atoms with Crippen LogP contribution in [0.4, 0.5) is 11.4 Å². The number of non-ortho nitro benzene ring substituents is 1. The molecule has 0 heterocycles. The minimum atomic E-state index is -4.08. The van der Waals surface area contributed by atoms with Gasteiger partial charge in [0.05, 0.1) is 22.0 Å². The molecule has 0 atom stereocenters. The van der Waals surface area contributed by atoms with Crippen LogP contribution in [0, 0.1) is 10.1 Å².